The van der Waals surface area contributed by atoms with Gasteiger partial charge < -0.3 is 10.0 Å². The Labute approximate surface area is 128 Å². The van der Waals surface area contributed by atoms with Crippen molar-refractivity contribution in [2.75, 3.05) is 20.1 Å². The fraction of sp³-hybridized carbons (Fsp3) is 0.941. The van der Waals surface area contributed by atoms with Crippen LogP contribution in [-0.4, -0.2) is 59.1 Å². The number of carboxylic acid groups (broad SMARTS) is 1. The van der Waals surface area contributed by atoms with Gasteiger partial charge in [0.05, 0.1) is 0 Å². The Kier molecular flexibility index (Phi) is 4.55. The van der Waals surface area contributed by atoms with E-state index in [0.717, 1.165) is 24.7 Å². The lowest BCUT2D eigenvalue weighted by Crippen LogP contribution is -2.52. The molecule has 3 saturated heterocycles. The number of fused-ring (bicyclic) bond motifs is 2. The number of piperidine rings is 2. The van der Waals surface area contributed by atoms with E-state index in [4.69, 9.17) is 5.11 Å². The average molecular weight is 294 g/mol. The quantitative estimate of drug-likeness (QED) is 0.865. The standard InChI is InChI=1S/C17H30N2O2/c1-12(8-17(20)21)13-4-3-7-19(11-13)16-9-14-5-6-15(10-16)18(14)2/h12-16H,3-11H2,1-2H3,(H,20,21). The van der Waals surface area contributed by atoms with Crippen LogP contribution >= 0.6 is 0 Å². The maximum Gasteiger partial charge on any atom is 0.303 e. The predicted molar refractivity (Wildman–Crippen MR) is 83.3 cm³/mol. The van der Waals surface area contributed by atoms with Gasteiger partial charge in [0.1, 0.15) is 0 Å². The Hall–Kier alpha value is -0.610. The molecule has 0 spiro atoms. The molecule has 3 rings (SSSR count). The first-order valence-electron chi connectivity index (χ1n) is 8.72. The lowest BCUT2D eigenvalue weighted by molar-refractivity contribution is -0.138. The van der Waals surface area contributed by atoms with E-state index in [1.165, 1.54) is 45.1 Å². The minimum atomic E-state index is -0.642. The molecule has 0 amide bonds. The van der Waals surface area contributed by atoms with Crippen LogP contribution in [0.4, 0.5) is 0 Å². The molecular formula is C17H30N2O2. The highest BCUT2D eigenvalue weighted by molar-refractivity contribution is 5.67. The van der Waals surface area contributed by atoms with Gasteiger partial charge in [-0.3, -0.25) is 9.69 Å². The summed E-state index contributed by atoms with van der Waals surface area (Å²) in [4.78, 5) is 16.2. The average Bonchev–Trinajstić information content (AvgIpc) is 2.68. The maximum atomic E-state index is 10.9. The summed E-state index contributed by atoms with van der Waals surface area (Å²) in [6.45, 7) is 4.48. The summed E-state index contributed by atoms with van der Waals surface area (Å²) in [5.74, 6) is 0.248. The van der Waals surface area contributed by atoms with Gasteiger partial charge in [-0.15, -0.1) is 0 Å². The second kappa shape index (κ2) is 6.25. The molecule has 1 N–H and O–H groups in total. The topological polar surface area (TPSA) is 43.8 Å². The van der Waals surface area contributed by atoms with Crippen molar-refractivity contribution in [3.8, 4) is 0 Å². The van der Waals surface area contributed by atoms with Crippen LogP contribution in [0.2, 0.25) is 0 Å². The van der Waals surface area contributed by atoms with Gasteiger partial charge in [-0.25, -0.2) is 0 Å². The first-order valence-corrected chi connectivity index (χ1v) is 8.72. The summed E-state index contributed by atoms with van der Waals surface area (Å²) in [5.41, 5.74) is 0. The van der Waals surface area contributed by atoms with Crippen LogP contribution in [0.3, 0.4) is 0 Å². The SMILES string of the molecule is CC(CC(=O)O)C1CCCN(C2CC3CCC(C2)N3C)C1. The van der Waals surface area contributed by atoms with Crippen molar-refractivity contribution in [1.29, 1.82) is 0 Å². The molecule has 4 nitrogen and oxygen atoms in total. The molecule has 0 aromatic rings. The van der Waals surface area contributed by atoms with Crippen molar-refractivity contribution in [2.45, 2.75) is 70.0 Å². The highest BCUT2D eigenvalue weighted by Crippen LogP contribution is 2.38. The number of hydrogen-bond donors (Lipinski definition) is 1. The fourth-order valence-electron chi connectivity index (χ4n) is 4.96. The number of likely N-dealkylation sites (tertiary alicyclic amines) is 1. The summed E-state index contributed by atoms with van der Waals surface area (Å²) in [5, 5.41) is 9.02. The maximum absolute atomic E-state index is 10.9. The molecule has 21 heavy (non-hydrogen) atoms. The number of carbonyl (C=O) groups is 1. The van der Waals surface area contributed by atoms with Gasteiger partial charge in [-0.1, -0.05) is 6.92 Å². The van der Waals surface area contributed by atoms with Crippen molar-refractivity contribution < 1.29 is 9.90 Å². The Morgan fingerprint density at radius 3 is 2.48 bits per heavy atom. The molecule has 3 aliphatic rings. The molecule has 0 radical (unpaired) electrons. The van der Waals surface area contributed by atoms with E-state index in [1.54, 1.807) is 0 Å². The first kappa shape index (κ1) is 15.3. The minimum absolute atomic E-state index is 0.313. The molecule has 4 heteroatoms. The van der Waals surface area contributed by atoms with E-state index in [2.05, 4.69) is 23.8 Å². The Balaban J connectivity index is 1.58. The lowest BCUT2D eigenvalue weighted by Gasteiger charge is -2.45. The van der Waals surface area contributed by atoms with Crippen molar-refractivity contribution in [3.63, 3.8) is 0 Å². The number of carboxylic acids is 1. The Bertz CT molecular complexity index is 373. The van der Waals surface area contributed by atoms with Gasteiger partial charge in [0.15, 0.2) is 0 Å². The Morgan fingerprint density at radius 1 is 1.19 bits per heavy atom. The molecule has 2 bridgehead atoms. The first-order chi connectivity index (χ1) is 10.0. The van der Waals surface area contributed by atoms with E-state index in [9.17, 15) is 4.79 Å². The molecule has 3 aliphatic heterocycles. The lowest BCUT2D eigenvalue weighted by atomic mass is 9.83. The summed E-state index contributed by atoms with van der Waals surface area (Å²) in [6.07, 6.45) is 8.20. The molecule has 3 fully saturated rings. The van der Waals surface area contributed by atoms with Gasteiger partial charge in [-0.05, 0) is 64.0 Å². The van der Waals surface area contributed by atoms with Gasteiger partial charge in [0, 0.05) is 31.1 Å². The van der Waals surface area contributed by atoms with Crippen molar-refractivity contribution in [1.82, 2.24) is 9.80 Å². The zero-order valence-electron chi connectivity index (χ0n) is 13.5. The van der Waals surface area contributed by atoms with Gasteiger partial charge in [-0.2, -0.15) is 0 Å². The molecule has 120 valence electrons. The second-order valence-corrected chi connectivity index (χ2v) is 7.65. The molecule has 4 atom stereocenters. The summed E-state index contributed by atoms with van der Waals surface area (Å²) < 4.78 is 0. The van der Waals surface area contributed by atoms with Crippen LogP contribution in [0, 0.1) is 11.8 Å². The third kappa shape index (κ3) is 3.26. The van der Waals surface area contributed by atoms with Crippen LogP contribution in [0.15, 0.2) is 0 Å². The number of rotatable bonds is 4. The van der Waals surface area contributed by atoms with E-state index in [0.29, 0.717) is 18.3 Å². The van der Waals surface area contributed by atoms with E-state index in [1.807, 2.05) is 0 Å². The Morgan fingerprint density at radius 2 is 1.86 bits per heavy atom. The normalized spacial score (nSPS) is 39.3. The van der Waals surface area contributed by atoms with Crippen LogP contribution in [-0.2, 0) is 4.79 Å². The molecule has 0 aromatic carbocycles. The summed E-state index contributed by atoms with van der Waals surface area (Å²) in [7, 11) is 2.30. The van der Waals surface area contributed by atoms with Crippen molar-refractivity contribution in [3.05, 3.63) is 0 Å². The fourth-order valence-corrected chi connectivity index (χ4v) is 4.96. The zero-order valence-corrected chi connectivity index (χ0v) is 13.5. The molecule has 0 saturated carbocycles. The van der Waals surface area contributed by atoms with Crippen molar-refractivity contribution >= 4 is 5.97 Å². The molecule has 3 heterocycles. The molecule has 4 unspecified atom stereocenters. The summed E-state index contributed by atoms with van der Waals surface area (Å²) >= 11 is 0. The highest BCUT2D eigenvalue weighted by Gasteiger charge is 2.41. The van der Waals surface area contributed by atoms with E-state index < -0.39 is 5.97 Å². The molecular weight excluding hydrogens is 264 g/mol. The van der Waals surface area contributed by atoms with Crippen LogP contribution in [0.1, 0.15) is 51.9 Å². The third-order valence-corrected chi connectivity index (χ3v) is 6.38. The molecule has 0 aromatic heterocycles. The third-order valence-electron chi connectivity index (χ3n) is 6.38. The number of nitrogens with zero attached hydrogens (tertiary/aromatic N) is 2. The van der Waals surface area contributed by atoms with Crippen LogP contribution in [0.25, 0.3) is 0 Å². The largest absolute Gasteiger partial charge is 0.481 e. The van der Waals surface area contributed by atoms with Gasteiger partial charge >= 0.3 is 5.97 Å². The highest BCUT2D eigenvalue weighted by atomic mass is 16.4. The summed E-state index contributed by atoms with van der Waals surface area (Å²) in [6, 6.07) is 2.34. The zero-order chi connectivity index (χ0) is 15.0. The minimum Gasteiger partial charge on any atom is -0.481 e. The number of aliphatic carboxylic acids is 1. The van der Waals surface area contributed by atoms with E-state index in [-0.39, 0.29) is 0 Å². The van der Waals surface area contributed by atoms with Gasteiger partial charge in [0.2, 0.25) is 0 Å². The van der Waals surface area contributed by atoms with Gasteiger partial charge in [0.25, 0.3) is 0 Å². The number of hydrogen-bond acceptors (Lipinski definition) is 3. The monoisotopic (exact) mass is 294 g/mol. The predicted octanol–water partition coefficient (Wildman–Crippen LogP) is 2.43. The van der Waals surface area contributed by atoms with Crippen LogP contribution in [0.5, 0.6) is 0 Å². The molecule has 0 aliphatic carbocycles. The van der Waals surface area contributed by atoms with Crippen molar-refractivity contribution in [2.24, 2.45) is 11.8 Å². The second-order valence-electron chi connectivity index (χ2n) is 7.65. The smallest absolute Gasteiger partial charge is 0.303 e. The van der Waals surface area contributed by atoms with E-state index >= 15 is 0 Å². The van der Waals surface area contributed by atoms with Crippen LogP contribution < -0.4 is 0 Å².